The van der Waals surface area contributed by atoms with Crippen LogP contribution < -0.4 is 14.4 Å². The highest BCUT2D eigenvalue weighted by Gasteiger charge is 2.25. The van der Waals surface area contributed by atoms with Gasteiger partial charge in [0.15, 0.2) is 16.6 Å². The van der Waals surface area contributed by atoms with Crippen LogP contribution in [-0.4, -0.2) is 44.4 Å². The number of ether oxygens (including phenoxy) is 3. The lowest BCUT2D eigenvalue weighted by Crippen LogP contribution is -2.36. The third-order valence-electron chi connectivity index (χ3n) is 5.09. The van der Waals surface area contributed by atoms with Gasteiger partial charge in [0.1, 0.15) is 11.3 Å². The largest absolute Gasteiger partial charge is 0.493 e. The highest BCUT2D eigenvalue weighted by Crippen LogP contribution is 2.32. The zero-order chi connectivity index (χ0) is 21.8. The number of amides is 1. The van der Waals surface area contributed by atoms with E-state index in [0.717, 1.165) is 18.4 Å². The van der Waals surface area contributed by atoms with Gasteiger partial charge < -0.3 is 14.2 Å². The molecule has 0 unspecified atom stereocenters. The smallest absolute Gasteiger partial charge is 0.252 e. The number of hydrogen-bond donors (Lipinski definition) is 0. The van der Waals surface area contributed by atoms with Crippen LogP contribution in [0.2, 0.25) is 0 Å². The van der Waals surface area contributed by atoms with Crippen LogP contribution in [0.15, 0.2) is 42.5 Å². The normalized spacial score (nSPS) is 16.2. The first-order chi connectivity index (χ1) is 15.1. The van der Waals surface area contributed by atoms with E-state index in [1.165, 1.54) is 23.5 Å². The molecular formula is C23H23FN2O4S. The van der Waals surface area contributed by atoms with Crippen LogP contribution >= 0.6 is 11.3 Å². The molecule has 31 heavy (non-hydrogen) atoms. The Labute approximate surface area is 183 Å². The minimum Gasteiger partial charge on any atom is -0.493 e. The topological polar surface area (TPSA) is 60.9 Å². The molecule has 4 rings (SSSR count). The number of methoxy groups -OCH3 is 2. The Kier molecular flexibility index (Phi) is 6.48. The maximum Gasteiger partial charge on any atom is 0.252 e. The van der Waals surface area contributed by atoms with Gasteiger partial charge in [-0.1, -0.05) is 23.5 Å². The lowest BCUT2D eigenvalue weighted by Gasteiger charge is -2.21. The quantitative estimate of drug-likeness (QED) is 0.498. The van der Waals surface area contributed by atoms with Gasteiger partial charge in [-0.15, -0.1) is 0 Å². The maximum absolute atomic E-state index is 14.2. The Morgan fingerprint density at radius 1 is 1.29 bits per heavy atom. The van der Waals surface area contributed by atoms with E-state index in [9.17, 15) is 9.18 Å². The first-order valence-electron chi connectivity index (χ1n) is 9.97. The molecule has 162 valence electrons. The summed E-state index contributed by atoms with van der Waals surface area (Å²) in [7, 11) is 3.13. The second kappa shape index (κ2) is 9.45. The van der Waals surface area contributed by atoms with Crippen molar-refractivity contribution in [3.05, 3.63) is 53.9 Å². The van der Waals surface area contributed by atoms with Crippen molar-refractivity contribution in [3.8, 4) is 11.5 Å². The van der Waals surface area contributed by atoms with Crippen LogP contribution in [0, 0.1) is 5.82 Å². The second-order valence-electron chi connectivity index (χ2n) is 7.11. The van der Waals surface area contributed by atoms with Gasteiger partial charge in [-0.25, -0.2) is 9.37 Å². The standard InChI is InChI=1S/C23H23FN2O4S/c1-28-18-10-8-15(13-19(18)29-2)9-11-21(27)26(14-16-5-4-12-30-16)23-25-22-17(24)6-3-7-20(22)31-23/h3,6-11,13,16H,4-5,12,14H2,1-2H3/b11-9+/t16-/m1/s1. The van der Waals surface area contributed by atoms with Gasteiger partial charge in [-0.3, -0.25) is 9.69 Å². The van der Waals surface area contributed by atoms with Crippen LogP contribution in [0.4, 0.5) is 9.52 Å². The van der Waals surface area contributed by atoms with E-state index in [1.54, 1.807) is 49.5 Å². The number of anilines is 1. The monoisotopic (exact) mass is 442 g/mol. The van der Waals surface area contributed by atoms with Crippen molar-refractivity contribution in [1.29, 1.82) is 0 Å². The molecular weight excluding hydrogens is 419 g/mol. The predicted molar refractivity (Wildman–Crippen MR) is 119 cm³/mol. The van der Waals surface area contributed by atoms with Crippen molar-refractivity contribution >= 4 is 38.7 Å². The number of carbonyl (C=O) groups is 1. The molecule has 0 saturated carbocycles. The summed E-state index contributed by atoms with van der Waals surface area (Å²) >= 11 is 1.29. The molecule has 6 nitrogen and oxygen atoms in total. The molecule has 1 amide bonds. The summed E-state index contributed by atoms with van der Waals surface area (Å²) in [4.78, 5) is 19.1. The second-order valence-corrected chi connectivity index (χ2v) is 8.12. The average molecular weight is 443 g/mol. The van der Waals surface area contributed by atoms with Crippen LogP contribution in [0.1, 0.15) is 18.4 Å². The molecule has 1 aliphatic heterocycles. The molecule has 2 heterocycles. The highest BCUT2D eigenvalue weighted by molar-refractivity contribution is 7.22. The number of para-hydroxylation sites is 1. The van der Waals surface area contributed by atoms with Crippen molar-refractivity contribution < 1.29 is 23.4 Å². The van der Waals surface area contributed by atoms with E-state index in [1.807, 2.05) is 6.07 Å². The Morgan fingerprint density at radius 3 is 2.84 bits per heavy atom. The molecule has 1 saturated heterocycles. The van der Waals surface area contributed by atoms with Gasteiger partial charge in [-0.2, -0.15) is 0 Å². The Balaban J connectivity index is 1.62. The first-order valence-corrected chi connectivity index (χ1v) is 10.8. The molecule has 0 N–H and O–H groups in total. The van der Waals surface area contributed by atoms with E-state index in [0.29, 0.717) is 34.5 Å². The maximum atomic E-state index is 14.2. The zero-order valence-corrected chi connectivity index (χ0v) is 18.2. The minimum absolute atomic E-state index is 0.0599. The molecule has 0 aliphatic carbocycles. The van der Waals surface area contributed by atoms with Crippen molar-refractivity contribution in [2.24, 2.45) is 0 Å². The van der Waals surface area contributed by atoms with Gasteiger partial charge in [0.25, 0.3) is 5.91 Å². The molecule has 0 bridgehead atoms. The molecule has 1 aliphatic rings. The average Bonchev–Trinajstić information content (AvgIpc) is 3.46. The number of fused-ring (bicyclic) bond motifs is 1. The molecule has 1 fully saturated rings. The first kappa shape index (κ1) is 21.3. The van der Waals surface area contributed by atoms with Gasteiger partial charge in [0.05, 0.1) is 31.6 Å². The lowest BCUT2D eigenvalue weighted by molar-refractivity contribution is -0.114. The zero-order valence-electron chi connectivity index (χ0n) is 17.3. The number of thiazole rings is 1. The molecule has 0 radical (unpaired) electrons. The Morgan fingerprint density at radius 2 is 2.13 bits per heavy atom. The summed E-state index contributed by atoms with van der Waals surface area (Å²) in [6.45, 7) is 1.05. The van der Waals surface area contributed by atoms with Crippen LogP contribution in [0.3, 0.4) is 0 Å². The fourth-order valence-electron chi connectivity index (χ4n) is 3.49. The van der Waals surface area contributed by atoms with E-state index in [4.69, 9.17) is 14.2 Å². The van der Waals surface area contributed by atoms with Crippen LogP contribution in [0.5, 0.6) is 11.5 Å². The minimum atomic E-state index is -0.398. The predicted octanol–water partition coefficient (Wildman–Crippen LogP) is 4.68. The number of hydrogen-bond acceptors (Lipinski definition) is 6. The van der Waals surface area contributed by atoms with Crippen molar-refractivity contribution in [3.63, 3.8) is 0 Å². The number of carbonyl (C=O) groups excluding carboxylic acids is 1. The number of rotatable bonds is 7. The lowest BCUT2D eigenvalue weighted by atomic mass is 10.2. The third kappa shape index (κ3) is 4.70. The third-order valence-corrected chi connectivity index (χ3v) is 6.14. The Hall–Kier alpha value is -2.97. The summed E-state index contributed by atoms with van der Waals surface area (Å²) < 4.78 is 31.1. The summed E-state index contributed by atoms with van der Waals surface area (Å²) in [6, 6.07) is 10.2. The molecule has 1 atom stereocenters. The van der Waals surface area contributed by atoms with E-state index < -0.39 is 5.82 Å². The van der Waals surface area contributed by atoms with E-state index in [-0.39, 0.29) is 17.5 Å². The Bertz CT molecular complexity index is 1110. The molecule has 1 aromatic heterocycles. The van der Waals surface area contributed by atoms with Crippen molar-refractivity contribution in [1.82, 2.24) is 4.98 Å². The van der Waals surface area contributed by atoms with Gasteiger partial charge in [0, 0.05) is 12.7 Å². The summed E-state index contributed by atoms with van der Waals surface area (Å²) in [5.74, 6) is 0.549. The van der Waals surface area contributed by atoms with Gasteiger partial charge >= 0.3 is 0 Å². The number of aromatic nitrogens is 1. The summed E-state index contributed by atoms with van der Waals surface area (Å²) in [5, 5.41) is 0.456. The van der Waals surface area contributed by atoms with Crippen molar-refractivity contribution in [2.45, 2.75) is 18.9 Å². The number of benzene rings is 2. The fraction of sp³-hybridized carbons (Fsp3) is 0.304. The molecule has 8 heteroatoms. The van der Waals surface area contributed by atoms with Gasteiger partial charge in [0.2, 0.25) is 0 Å². The SMILES string of the molecule is COc1ccc(/C=C/C(=O)N(C[C@H]2CCCO2)c2nc3c(F)cccc3s2)cc1OC. The highest BCUT2D eigenvalue weighted by atomic mass is 32.1. The van der Waals surface area contributed by atoms with E-state index >= 15 is 0 Å². The fourth-order valence-corrected chi connectivity index (χ4v) is 4.48. The van der Waals surface area contributed by atoms with Gasteiger partial charge in [-0.05, 0) is 48.7 Å². The van der Waals surface area contributed by atoms with Crippen LogP contribution in [-0.2, 0) is 9.53 Å². The molecule has 3 aromatic rings. The molecule has 2 aromatic carbocycles. The summed E-state index contributed by atoms with van der Waals surface area (Å²) in [6.07, 6.45) is 4.97. The summed E-state index contributed by atoms with van der Waals surface area (Å²) in [5.41, 5.74) is 1.06. The number of nitrogens with zero attached hydrogens (tertiary/aromatic N) is 2. The van der Waals surface area contributed by atoms with E-state index in [2.05, 4.69) is 4.98 Å². The van der Waals surface area contributed by atoms with Crippen LogP contribution in [0.25, 0.3) is 16.3 Å². The molecule has 0 spiro atoms. The number of halogens is 1. The van der Waals surface area contributed by atoms with Crippen molar-refractivity contribution in [2.75, 3.05) is 32.3 Å².